The second kappa shape index (κ2) is 8.44. The number of rotatable bonds is 4. The fraction of sp³-hybridized carbons (Fsp3) is 0.263. The topological polar surface area (TPSA) is 76.0 Å². The quantitative estimate of drug-likeness (QED) is 0.530. The SMILES string of the molecule is O=C(COc1ccc(Cl)cc1)N=C1SC2CS(=O)(=O)CC2N1c1cccc(I)c1. The molecule has 10 heteroatoms. The van der Waals surface area contributed by atoms with E-state index in [0.29, 0.717) is 15.9 Å². The molecule has 0 spiro atoms. The molecule has 2 fully saturated rings. The monoisotopic (exact) mass is 562 g/mol. The van der Waals surface area contributed by atoms with E-state index in [1.165, 1.54) is 11.8 Å². The first-order valence-corrected chi connectivity index (χ1v) is 12.9. The second-order valence-corrected chi connectivity index (χ2v) is 11.7. The molecular formula is C19H16ClIN2O4S2. The molecule has 0 bridgehead atoms. The third-order valence-corrected chi connectivity index (χ3v) is 8.68. The molecule has 4 rings (SSSR count). The lowest BCUT2D eigenvalue weighted by Crippen LogP contribution is -2.37. The number of thioether (sulfide) groups is 1. The van der Waals surface area contributed by atoms with E-state index in [2.05, 4.69) is 27.6 Å². The minimum absolute atomic E-state index is 0.0601. The van der Waals surface area contributed by atoms with Crippen LogP contribution in [0.25, 0.3) is 0 Å². The molecule has 0 saturated carbocycles. The molecule has 0 radical (unpaired) electrons. The first-order valence-electron chi connectivity index (χ1n) is 8.72. The van der Waals surface area contributed by atoms with E-state index >= 15 is 0 Å². The Morgan fingerprint density at radius 2 is 2.00 bits per heavy atom. The number of hydrogen-bond acceptors (Lipinski definition) is 5. The molecule has 2 aromatic rings. The number of amidine groups is 1. The van der Waals surface area contributed by atoms with Crippen molar-refractivity contribution in [3.63, 3.8) is 0 Å². The second-order valence-electron chi connectivity index (χ2n) is 6.68. The molecule has 2 atom stereocenters. The number of anilines is 1. The van der Waals surface area contributed by atoms with Crippen LogP contribution in [-0.4, -0.2) is 48.9 Å². The third kappa shape index (κ3) is 4.89. The highest BCUT2D eigenvalue weighted by atomic mass is 127. The van der Waals surface area contributed by atoms with Gasteiger partial charge in [0.2, 0.25) is 0 Å². The lowest BCUT2D eigenvalue weighted by molar-refractivity contribution is -0.119. The summed E-state index contributed by atoms with van der Waals surface area (Å²) < 4.78 is 30.7. The molecule has 1 amide bonds. The third-order valence-electron chi connectivity index (χ3n) is 4.55. The molecule has 2 saturated heterocycles. The van der Waals surface area contributed by atoms with Gasteiger partial charge < -0.3 is 9.64 Å². The van der Waals surface area contributed by atoms with Gasteiger partial charge in [-0.1, -0.05) is 29.4 Å². The lowest BCUT2D eigenvalue weighted by atomic mass is 10.2. The van der Waals surface area contributed by atoms with Crippen molar-refractivity contribution in [2.75, 3.05) is 23.0 Å². The molecule has 2 aliphatic rings. The molecule has 0 N–H and O–H groups in total. The van der Waals surface area contributed by atoms with Gasteiger partial charge in [-0.05, 0) is 65.1 Å². The molecule has 2 unspecified atom stereocenters. The van der Waals surface area contributed by atoms with Gasteiger partial charge in [-0.25, -0.2) is 8.42 Å². The average molecular weight is 563 g/mol. The van der Waals surface area contributed by atoms with Crippen molar-refractivity contribution in [3.05, 3.63) is 57.1 Å². The standard InChI is InChI=1S/C19H16ClIN2O4S2/c20-12-4-6-15(7-5-12)27-9-18(24)22-19-23(14-3-1-2-13(21)8-14)16-10-29(25,26)11-17(16)28-19/h1-8,16-17H,9-11H2. The van der Waals surface area contributed by atoms with Crippen LogP contribution in [0.4, 0.5) is 5.69 Å². The van der Waals surface area contributed by atoms with Gasteiger partial charge in [0.1, 0.15) is 5.75 Å². The summed E-state index contributed by atoms with van der Waals surface area (Å²) in [7, 11) is -3.10. The Morgan fingerprint density at radius 1 is 1.24 bits per heavy atom. The van der Waals surface area contributed by atoms with Crippen LogP contribution in [0.15, 0.2) is 53.5 Å². The Balaban J connectivity index is 1.56. The van der Waals surface area contributed by atoms with Gasteiger partial charge in [0.05, 0.1) is 17.5 Å². The summed E-state index contributed by atoms with van der Waals surface area (Å²) in [5.74, 6) is 0.252. The summed E-state index contributed by atoms with van der Waals surface area (Å²) in [4.78, 5) is 18.6. The minimum atomic E-state index is -3.10. The molecule has 0 aromatic heterocycles. The number of benzene rings is 2. The Hall–Kier alpha value is -1.30. The van der Waals surface area contributed by atoms with Gasteiger partial charge in [0.25, 0.3) is 5.91 Å². The summed E-state index contributed by atoms with van der Waals surface area (Å²) in [5.41, 5.74) is 0.833. The number of ether oxygens (including phenoxy) is 1. The Kier molecular flexibility index (Phi) is 6.10. The van der Waals surface area contributed by atoms with E-state index in [0.717, 1.165) is 9.26 Å². The summed E-state index contributed by atoms with van der Waals surface area (Å²) in [6.07, 6.45) is 0. The number of hydrogen-bond donors (Lipinski definition) is 0. The van der Waals surface area contributed by atoms with E-state index in [1.807, 2.05) is 29.2 Å². The average Bonchev–Trinajstić information content (AvgIpc) is 3.12. The van der Waals surface area contributed by atoms with E-state index in [-0.39, 0.29) is 29.4 Å². The normalized spacial score (nSPS) is 23.9. The number of fused-ring (bicyclic) bond motifs is 1. The number of halogens is 2. The first kappa shape index (κ1) is 21.0. The van der Waals surface area contributed by atoms with Crippen LogP contribution in [0.2, 0.25) is 5.02 Å². The molecule has 0 aliphatic carbocycles. The molecule has 2 aromatic carbocycles. The van der Waals surface area contributed by atoms with Crippen LogP contribution in [0.5, 0.6) is 5.75 Å². The summed E-state index contributed by atoms with van der Waals surface area (Å²) >= 11 is 9.39. The highest BCUT2D eigenvalue weighted by Crippen LogP contribution is 2.41. The van der Waals surface area contributed by atoms with Gasteiger partial charge in [-0.2, -0.15) is 4.99 Å². The largest absolute Gasteiger partial charge is 0.484 e. The van der Waals surface area contributed by atoms with E-state index in [1.54, 1.807) is 24.3 Å². The molecule has 2 aliphatic heterocycles. The fourth-order valence-corrected chi connectivity index (χ4v) is 7.89. The summed E-state index contributed by atoms with van der Waals surface area (Å²) in [5, 5.41) is 0.962. The van der Waals surface area contributed by atoms with E-state index in [9.17, 15) is 13.2 Å². The van der Waals surface area contributed by atoms with E-state index in [4.69, 9.17) is 16.3 Å². The van der Waals surface area contributed by atoms with Crippen molar-refractivity contribution in [2.45, 2.75) is 11.3 Å². The van der Waals surface area contributed by atoms with Crippen molar-refractivity contribution < 1.29 is 17.9 Å². The highest BCUT2D eigenvalue weighted by Gasteiger charge is 2.49. The number of sulfone groups is 1. The maximum atomic E-state index is 12.4. The molecule has 6 nitrogen and oxygen atoms in total. The van der Waals surface area contributed by atoms with Gasteiger partial charge >= 0.3 is 0 Å². The number of aliphatic imine (C=N–C) groups is 1. The lowest BCUT2D eigenvalue weighted by Gasteiger charge is -2.24. The van der Waals surface area contributed by atoms with Gasteiger partial charge in [0, 0.05) is 19.5 Å². The van der Waals surface area contributed by atoms with Crippen molar-refractivity contribution in [2.24, 2.45) is 4.99 Å². The summed E-state index contributed by atoms with van der Waals surface area (Å²) in [6, 6.07) is 14.2. The van der Waals surface area contributed by atoms with Gasteiger partial charge in [-0.3, -0.25) is 4.79 Å². The smallest absolute Gasteiger partial charge is 0.285 e. The van der Waals surface area contributed by atoms with Crippen molar-refractivity contribution in [1.82, 2.24) is 0 Å². The fourth-order valence-electron chi connectivity index (χ4n) is 3.31. The zero-order valence-corrected chi connectivity index (χ0v) is 19.5. The van der Waals surface area contributed by atoms with Gasteiger partial charge in [0.15, 0.2) is 21.6 Å². The molecule has 2 heterocycles. The molecular weight excluding hydrogens is 547 g/mol. The zero-order valence-electron chi connectivity index (χ0n) is 15.0. The summed E-state index contributed by atoms with van der Waals surface area (Å²) in [6.45, 7) is -0.209. The van der Waals surface area contributed by atoms with Crippen molar-refractivity contribution in [1.29, 1.82) is 0 Å². The number of amides is 1. The number of nitrogens with zero attached hydrogens (tertiary/aromatic N) is 2. The van der Waals surface area contributed by atoms with Crippen LogP contribution >= 0.6 is 46.0 Å². The Bertz CT molecular complexity index is 1080. The van der Waals surface area contributed by atoms with E-state index < -0.39 is 15.7 Å². The molecule has 29 heavy (non-hydrogen) atoms. The van der Waals surface area contributed by atoms with Crippen LogP contribution < -0.4 is 9.64 Å². The Morgan fingerprint density at radius 3 is 2.72 bits per heavy atom. The number of carbonyl (C=O) groups excluding carboxylic acids is 1. The maximum Gasteiger partial charge on any atom is 0.285 e. The van der Waals surface area contributed by atoms with Crippen LogP contribution in [0.1, 0.15) is 0 Å². The maximum absolute atomic E-state index is 12.4. The van der Waals surface area contributed by atoms with Gasteiger partial charge in [-0.15, -0.1) is 0 Å². The van der Waals surface area contributed by atoms with Crippen molar-refractivity contribution in [3.8, 4) is 5.75 Å². The van der Waals surface area contributed by atoms with Crippen LogP contribution in [0, 0.1) is 3.57 Å². The predicted molar refractivity (Wildman–Crippen MR) is 125 cm³/mol. The first-order chi connectivity index (χ1) is 13.8. The highest BCUT2D eigenvalue weighted by molar-refractivity contribution is 14.1. The zero-order chi connectivity index (χ0) is 20.6. The number of carbonyl (C=O) groups is 1. The van der Waals surface area contributed by atoms with Crippen LogP contribution in [-0.2, 0) is 14.6 Å². The predicted octanol–water partition coefficient (Wildman–Crippen LogP) is 3.63. The Labute approximate surface area is 191 Å². The van der Waals surface area contributed by atoms with Crippen LogP contribution in [0.3, 0.4) is 0 Å². The van der Waals surface area contributed by atoms with Crippen molar-refractivity contribution >= 4 is 72.6 Å². The molecule has 152 valence electrons. The minimum Gasteiger partial charge on any atom is -0.484 e.